The number of rotatable bonds is 14. The first kappa shape index (κ1) is 28.8. The van der Waals surface area contributed by atoms with Crippen LogP contribution in [0, 0.1) is 6.92 Å². The summed E-state index contributed by atoms with van der Waals surface area (Å²) in [5.74, 6) is -1.71. The molecule has 2 heterocycles. The lowest BCUT2D eigenvalue weighted by molar-refractivity contribution is -0.148. The lowest BCUT2D eigenvalue weighted by Gasteiger charge is -2.31. The second-order valence-corrected chi connectivity index (χ2v) is 11.1. The van der Waals surface area contributed by atoms with Crippen LogP contribution in [-0.4, -0.2) is 59.9 Å². The Morgan fingerprint density at radius 1 is 1.05 bits per heavy atom. The number of hydrogen-bond donors (Lipinski definition) is 5. The van der Waals surface area contributed by atoms with Gasteiger partial charge in [0.1, 0.15) is 12.3 Å². The van der Waals surface area contributed by atoms with Crippen molar-refractivity contribution in [2.45, 2.75) is 49.6 Å². The zero-order valence-corrected chi connectivity index (χ0v) is 22.8. The fourth-order valence-electron chi connectivity index (χ4n) is 4.22. The molecule has 1 aromatic heterocycles. The number of aromatic nitrogens is 2. The van der Waals surface area contributed by atoms with Crippen LogP contribution in [0.3, 0.4) is 0 Å². The minimum atomic E-state index is -4.35. The average molecular weight is 569 g/mol. The summed E-state index contributed by atoms with van der Waals surface area (Å²) in [5.41, 5.74) is 0.321. The highest BCUT2D eigenvalue weighted by Gasteiger charge is 2.44. The molecule has 1 aliphatic heterocycles. The van der Waals surface area contributed by atoms with E-state index in [9.17, 15) is 23.1 Å². The number of carboxylic acid groups (broad SMARTS) is 1. The second-order valence-electron chi connectivity index (χ2n) is 9.43. The smallest absolute Gasteiger partial charge is 0.345 e. The van der Waals surface area contributed by atoms with Crippen molar-refractivity contribution in [3.8, 4) is 11.1 Å². The summed E-state index contributed by atoms with van der Waals surface area (Å²) >= 11 is 0. The Balaban J connectivity index is 1.48. The maximum absolute atomic E-state index is 13.4. The fourth-order valence-corrected chi connectivity index (χ4v) is 5.53. The van der Waals surface area contributed by atoms with Crippen molar-refractivity contribution in [2.24, 2.45) is 5.16 Å². The van der Waals surface area contributed by atoms with Gasteiger partial charge in [-0.2, -0.15) is 4.72 Å². The molecule has 4 rings (SSSR count). The number of amides is 1. The number of aliphatic carboxylic acids is 1. The van der Waals surface area contributed by atoms with Crippen LogP contribution in [0.25, 0.3) is 11.1 Å². The van der Waals surface area contributed by atoms with E-state index in [1.54, 1.807) is 18.3 Å². The van der Waals surface area contributed by atoms with Gasteiger partial charge in [0.05, 0.1) is 4.90 Å². The van der Waals surface area contributed by atoms with Gasteiger partial charge in [-0.15, -0.1) is 0 Å². The number of hydrogen-bond acceptors (Lipinski definition) is 8. The topological polar surface area (TPSA) is 175 Å². The van der Waals surface area contributed by atoms with E-state index in [1.165, 1.54) is 12.1 Å². The first-order chi connectivity index (χ1) is 19.2. The normalized spacial score (nSPS) is 14.6. The van der Waals surface area contributed by atoms with Crippen molar-refractivity contribution in [1.82, 2.24) is 20.0 Å². The highest BCUT2D eigenvalue weighted by Crippen LogP contribution is 2.23. The maximum atomic E-state index is 13.4. The Bertz CT molecular complexity index is 1460. The third-order valence-corrected chi connectivity index (χ3v) is 7.87. The number of sulfonamides is 1. The number of oxime groups is 1. The van der Waals surface area contributed by atoms with Gasteiger partial charge in [-0.05, 0) is 49.4 Å². The van der Waals surface area contributed by atoms with Gasteiger partial charge in [0.15, 0.2) is 5.95 Å². The van der Waals surface area contributed by atoms with Gasteiger partial charge in [-0.25, -0.2) is 18.2 Å². The SMILES string of the molecule is Cc1cnc(NCCCCCC(NC(=O)C2=NOCC2)(NS(=O)(=O)c2ccc(-c3ccccc3)cc2)C(=O)O)[nH]1. The number of H-pyrrole nitrogens is 1. The van der Waals surface area contributed by atoms with Crippen molar-refractivity contribution in [3.63, 3.8) is 0 Å². The van der Waals surface area contributed by atoms with Crippen LogP contribution in [0.5, 0.6) is 0 Å². The molecule has 1 aliphatic rings. The summed E-state index contributed by atoms with van der Waals surface area (Å²) in [6, 6.07) is 15.5. The molecule has 0 fully saturated rings. The summed E-state index contributed by atoms with van der Waals surface area (Å²) in [6.07, 6.45) is 3.24. The fraction of sp³-hybridized carbons (Fsp3) is 0.333. The molecular formula is C27H32N6O6S. The number of benzene rings is 2. The van der Waals surface area contributed by atoms with Crippen LogP contribution in [0.4, 0.5) is 5.95 Å². The lowest BCUT2D eigenvalue weighted by atomic mass is 10.0. The molecule has 3 aromatic rings. The van der Waals surface area contributed by atoms with Gasteiger partial charge in [-0.3, -0.25) is 4.79 Å². The van der Waals surface area contributed by atoms with Crippen LogP contribution in [0.15, 0.2) is 70.8 Å². The number of carbonyl (C=O) groups is 2. The molecular weight excluding hydrogens is 536 g/mol. The zero-order valence-electron chi connectivity index (χ0n) is 22.0. The standard InChI is InChI=1S/C27H32N6O6S/c1-19-18-29-26(30-19)28-16-7-3-6-15-27(25(35)36,31-24(34)23-14-17-39-32-23)33-40(37,38)22-12-10-21(11-13-22)20-8-4-2-5-9-20/h2,4-5,8-13,18,33H,3,6-7,14-17H2,1H3,(H,31,34)(H,35,36)(H2,28,29,30). The van der Waals surface area contributed by atoms with Crippen LogP contribution < -0.4 is 15.4 Å². The number of anilines is 1. The number of carboxylic acids is 1. The Morgan fingerprint density at radius 3 is 2.40 bits per heavy atom. The van der Waals surface area contributed by atoms with E-state index < -0.39 is 27.6 Å². The zero-order chi connectivity index (χ0) is 28.6. The number of nitrogens with zero attached hydrogens (tertiary/aromatic N) is 2. The number of imidazole rings is 1. The van der Waals surface area contributed by atoms with E-state index in [2.05, 4.69) is 30.5 Å². The van der Waals surface area contributed by atoms with Crippen LogP contribution in [0.2, 0.25) is 0 Å². The number of carbonyl (C=O) groups excluding carboxylic acids is 1. The molecule has 40 heavy (non-hydrogen) atoms. The first-order valence-corrected chi connectivity index (χ1v) is 14.4. The maximum Gasteiger partial charge on any atom is 0.345 e. The highest BCUT2D eigenvalue weighted by molar-refractivity contribution is 7.89. The van der Waals surface area contributed by atoms with E-state index in [0.717, 1.165) is 16.8 Å². The number of aryl methyl sites for hydroxylation is 1. The van der Waals surface area contributed by atoms with Crippen molar-refractivity contribution in [3.05, 3.63) is 66.5 Å². The van der Waals surface area contributed by atoms with Gasteiger partial charge in [0.2, 0.25) is 15.7 Å². The van der Waals surface area contributed by atoms with Crippen LogP contribution in [-0.2, 0) is 24.4 Å². The van der Waals surface area contributed by atoms with E-state index in [1.807, 2.05) is 37.3 Å². The second kappa shape index (κ2) is 12.7. The van der Waals surface area contributed by atoms with E-state index in [4.69, 9.17) is 4.84 Å². The monoisotopic (exact) mass is 568 g/mol. The summed E-state index contributed by atoms with van der Waals surface area (Å²) in [5, 5.41) is 19.4. The Kier molecular flexibility index (Phi) is 9.17. The molecule has 0 aliphatic carbocycles. The third kappa shape index (κ3) is 7.24. The van der Waals surface area contributed by atoms with E-state index in [-0.39, 0.29) is 30.1 Å². The molecule has 0 radical (unpaired) electrons. The van der Waals surface area contributed by atoms with Crippen molar-refractivity contribution in [1.29, 1.82) is 0 Å². The largest absolute Gasteiger partial charge is 0.478 e. The Hall–Kier alpha value is -4.23. The molecule has 5 N–H and O–H groups in total. The number of aromatic amines is 1. The predicted molar refractivity (Wildman–Crippen MR) is 149 cm³/mol. The first-order valence-electron chi connectivity index (χ1n) is 12.9. The van der Waals surface area contributed by atoms with Gasteiger partial charge < -0.3 is 25.6 Å². The van der Waals surface area contributed by atoms with Crippen molar-refractivity contribution in [2.75, 3.05) is 18.5 Å². The lowest BCUT2D eigenvalue weighted by Crippen LogP contribution is -2.66. The van der Waals surface area contributed by atoms with Crippen molar-refractivity contribution >= 4 is 33.6 Å². The summed E-state index contributed by atoms with van der Waals surface area (Å²) in [7, 11) is -4.35. The number of unbranched alkanes of at least 4 members (excludes halogenated alkanes) is 2. The van der Waals surface area contributed by atoms with Gasteiger partial charge in [0, 0.05) is 24.9 Å². The molecule has 1 unspecified atom stereocenters. The molecule has 13 heteroatoms. The highest BCUT2D eigenvalue weighted by atomic mass is 32.2. The molecule has 0 saturated carbocycles. The van der Waals surface area contributed by atoms with Crippen molar-refractivity contribution < 1.29 is 28.0 Å². The Labute approximate surface area is 232 Å². The van der Waals surface area contributed by atoms with Gasteiger partial charge >= 0.3 is 5.97 Å². The van der Waals surface area contributed by atoms with Gasteiger partial charge in [-0.1, -0.05) is 54.0 Å². The molecule has 212 valence electrons. The predicted octanol–water partition coefficient (Wildman–Crippen LogP) is 3.01. The van der Waals surface area contributed by atoms with E-state index in [0.29, 0.717) is 31.8 Å². The molecule has 2 aromatic carbocycles. The molecule has 0 spiro atoms. The molecule has 1 amide bonds. The molecule has 0 bridgehead atoms. The quantitative estimate of drug-likeness (QED) is 0.146. The third-order valence-electron chi connectivity index (χ3n) is 6.36. The molecule has 12 nitrogen and oxygen atoms in total. The summed E-state index contributed by atoms with van der Waals surface area (Å²) in [4.78, 5) is 37.4. The van der Waals surface area contributed by atoms with Crippen LogP contribution >= 0.6 is 0 Å². The van der Waals surface area contributed by atoms with Crippen LogP contribution in [0.1, 0.15) is 37.8 Å². The van der Waals surface area contributed by atoms with Gasteiger partial charge in [0.25, 0.3) is 5.91 Å². The summed E-state index contributed by atoms with van der Waals surface area (Å²) in [6.45, 7) is 2.65. The molecule has 0 saturated heterocycles. The Morgan fingerprint density at radius 2 is 1.77 bits per heavy atom. The minimum absolute atomic E-state index is 0.00465. The van der Waals surface area contributed by atoms with E-state index >= 15 is 0 Å². The average Bonchev–Trinajstić information content (AvgIpc) is 3.63. The summed E-state index contributed by atoms with van der Waals surface area (Å²) < 4.78 is 29.1. The minimum Gasteiger partial charge on any atom is -0.478 e. The molecule has 1 atom stereocenters. The number of nitrogens with one attached hydrogen (secondary N) is 4.